The van der Waals surface area contributed by atoms with Crippen LogP contribution in [-0.2, 0) is 0 Å². The summed E-state index contributed by atoms with van der Waals surface area (Å²) < 4.78 is 36.7. The van der Waals surface area contributed by atoms with Crippen LogP contribution in [0.5, 0.6) is 0 Å². The van der Waals surface area contributed by atoms with Gasteiger partial charge in [-0.05, 0) is 6.42 Å². The number of hydrogen-bond donors (Lipinski definition) is 2. The summed E-state index contributed by atoms with van der Waals surface area (Å²) in [6.07, 6.45) is 0.471. The maximum Gasteiger partial charge on any atom is 0.380 e. The molecule has 0 aliphatic carbocycles. The Morgan fingerprint density at radius 2 is 1.58 bits per heavy atom. The van der Waals surface area contributed by atoms with Crippen LogP contribution in [-0.4, -0.2) is 22.2 Å². The SMILES string of the molecule is CCCCCC(F)(F)C(O)(O)F. The van der Waals surface area contributed by atoms with Gasteiger partial charge in [0.1, 0.15) is 0 Å². The minimum atomic E-state index is -4.39. The molecule has 0 saturated heterocycles. The summed E-state index contributed by atoms with van der Waals surface area (Å²) in [6, 6.07) is -4.39. The van der Waals surface area contributed by atoms with Crippen molar-refractivity contribution in [2.24, 2.45) is 0 Å². The molecule has 0 bridgehead atoms. The molecule has 0 atom stereocenters. The number of hydrogen-bond acceptors (Lipinski definition) is 2. The molecule has 0 radical (unpaired) electrons. The fourth-order valence-electron chi connectivity index (χ4n) is 0.756. The Balaban J connectivity index is 3.88. The molecule has 0 spiro atoms. The monoisotopic (exact) mass is 186 g/mol. The summed E-state index contributed by atoms with van der Waals surface area (Å²) >= 11 is 0. The number of rotatable bonds is 5. The third kappa shape index (κ3) is 3.40. The zero-order valence-corrected chi connectivity index (χ0v) is 6.86. The Kier molecular flexibility index (Phi) is 3.99. The van der Waals surface area contributed by atoms with E-state index in [1.807, 2.05) is 0 Å². The predicted octanol–water partition coefficient (Wildman–Crippen LogP) is 1.81. The second kappa shape index (κ2) is 4.09. The maximum absolute atomic E-state index is 12.4. The van der Waals surface area contributed by atoms with E-state index in [2.05, 4.69) is 0 Å². The predicted molar refractivity (Wildman–Crippen MR) is 37.4 cm³/mol. The quantitative estimate of drug-likeness (QED) is 0.507. The van der Waals surface area contributed by atoms with E-state index < -0.39 is 18.4 Å². The van der Waals surface area contributed by atoms with Crippen molar-refractivity contribution in [1.82, 2.24) is 0 Å². The Morgan fingerprint density at radius 1 is 1.08 bits per heavy atom. The third-order valence-electron chi connectivity index (χ3n) is 1.56. The van der Waals surface area contributed by atoms with Gasteiger partial charge in [-0.25, -0.2) is 0 Å². The molecule has 2 N–H and O–H groups in total. The van der Waals surface area contributed by atoms with E-state index in [1.165, 1.54) is 0 Å². The van der Waals surface area contributed by atoms with Crippen molar-refractivity contribution in [3.05, 3.63) is 0 Å². The molecule has 0 aliphatic rings. The van der Waals surface area contributed by atoms with Gasteiger partial charge in [-0.1, -0.05) is 19.8 Å². The molecule has 0 aromatic carbocycles. The van der Waals surface area contributed by atoms with Gasteiger partial charge in [0.2, 0.25) is 0 Å². The van der Waals surface area contributed by atoms with Gasteiger partial charge in [0.15, 0.2) is 0 Å². The van der Waals surface area contributed by atoms with Crippen molar-refractivity contribution in [2.75, 3.05) is 0 Å². The van der Waals surface area contributed by atoms with Crippen LogP contribution in [0.4, 0.5) is 13.2 Å². The number of alkyl halides is 3. The van der Waals surface area contributed by atoms with Crippen LogP contribution >= 0.6 is 0 Å². The Hall–Kier alpha value is -0.290. The smallest absolute Gasteiger partial charge is 0.335 e. The van der Waals surface area contributed by atoms with Crippen LogP contribution in [0, 0.1) is 0 Å². The van der Waals surface area contributed by atoms with Crippen molar-refractivity contribution in [1.29, 1.82) is 0 Å². The van der Waals surface area contributed by atoms with Crippen molar-refractivity contribution in [3.63, 3.8) is 0 Å². The fraction of sp³-hybridized carbons (Fsp3) is 1.00. The highest BCUT2D eigenvalue weighted by atomic mass is 19.3. The lowest BCUT2D eigenvalue weighted by Gasteiger charge is -2.22. The summed E-state index contributed by atoms with van der Waals surface area (Å²) in [5.41, 5.74) is 0. The summed E-state index contributed by atoms with van der Waals surface area (Å²) in [5, 5.41) is 16.0. The number of halogens is 3. The Morgan fingerprint density at radius 3 is 1.92 bits per heavy atom. The topological polar surface area (TPSA) is 40.5 Å². The van der Waals surface area contributed by atoms with Gasteiger partial charge in [0.25, 0.3) is 0 Å². The van der Waals surface area contributed by atoms with E-state index in [0.717, 1.165) is 0 Å². The molecule has 0 unspecified atom stereocenters. The normalized spacial score (nSPS) is 13.5. The van der Waals surface area contributed by atoms with E-state index in [9.17, 15) is 13.2 Å². The molecule has 0 rings (SSSR count). The first kappa shape index (κ1) is 11.7. The van der Waals surface area contributed by atoms with E-state index >= 15 is 0 Å². The molecule has 0 aromatic heterocycles. The minimum absolute atomic E-state index is 0.0797. The van der Waals surface area contributed by atoms with Crippen LogP contribution in [0.1, 0.15) is 32.6 Å². The summed E-state index contributed by atoms with van der Waals surface area (Å²) in [6.45, 7) is 1.80. The summed E-state index contributed by atoms with van der Waals surface area (Å²) in [7, 11) is 0. The molecule has 74 valence electrons. The van der Waals surface area contributed by atoms with E-state index in [0.29, 0.717) is 12.8 Å². The average molecular weight is 186 g/mol. The molecule has 0 aromatic rings. The van der Waals surface area contributed by atoms with E-state index in [1.54, 1.807) is 6.92 Å². The van der Waals surface area contributed by atoms with Crippen molar-refractivity contribution < 1.29 is 23.4 Å². The van der Waals surface area contributed by atoms with Gasteiger partial charge >= 0.3 is 12.0 Å². The second-order valence-electron chi connectivity index (χ2n) is 2.75. The standard InChI is InChI=1S/C7H13F3O2/c1-2-3-4-5-6(8,9)7(10,11)12/h11-12H,2-5H2,1H3. The lowest BCUT2D eigenvalue weighted by Crippen LogP contribution is -2.43. The number of aliphatic hydroxyl groups is 2. The van der Waals surface area contributed by atoms with Gasteiger partial charge in [0, 0.05) is 6.42 Å². The zero-order valence-electron chi connectivity index (χ0n) is 6.86. The third-order valence-corrected chi connectivity index (χ3v) is 1.56. The van der Waals surface area contributed by atoms with Crippen molar-refractivity contribution in [3.8, 4) is 0 Å². The second-order valence-corrected chi connectivity index (χ2v) is 2.75. The van der Waals surface area contributed by atoms with Crippen LogP contribution in [0.3, 0.4) is 0 Å². The van der Waals surface area contributed by atoms with Gasteiger partial charge in [-0.3, -0.25) is 0 Å². The highest BCUT2D eigenvalue weighted by Crippen LogP contribution is 2.32. The van der Waals surface area contributed by atoms with Gasteiger partial charge in [0.05, 0.1) is 0 Å². The van der Waals surface area contributed by atoms with Crippen LogP contribution in [0.15, 0.2) is 0 Å². The maximum atomic E-state index is 12.4. The molecule has 0 fully saturated rings. The molecule has 2 nitrogen and oxygen atoms in total. The van der Waals surface area contributed by atoms with Crippen LogP contribution in [0.2, 0.25) is 0 Å². The lowest BCUT2D eigenvalue weighted by molar-refractivity contribution is -0.368. The van der Waals surface area contributed by atoms with Crippen molar-refractivity contribution in [2.45, 2.75) is 44.6 Å². The first-order valence-corrected chi connectivity index (χ1v) is 3.82. The van der Waals surface area contributed by atoms with Gasteiger partial charge in [-0.2, -0.15) is 13.2 Å². The molecular formula is C7H13F3O2. The highest BCUT2D eigenvalue weighted by Gasteiger charge is 2.52. The first-order chi connectivity index (χ1) is 5.31. The largest absolute Gasteiger partial charge is 0.380 e. The Labute approximate surface area is 69.0 Å². The molecular weight excluding hydrogens is 173 g/mol. The molecule has 0 heterocycles. The van der Waals surface area contributed by atoms with Crippen molar-refractivity contribution >= 4 is 0 Å². The average Bonchev–Trinajstić information content (AvgIpc) is 1.85. The molecule has 5 heteroatoms. The highest BCUT2D eigenvalue weighted by molar-refractivity contribution is 4.73. The van der Waals surface area contributed by atoms with Crippen LogP contribution in [0.25, 0.3) is 0 Å². The molecule has 0 amide bonds. The summed E-state index contributed by atoms with van der Waals surface area (Å²) in [4.78, 5) is 0. The van der Waals surface area contributed by atoms with Crippen LogP contribution < -0.4 is 0 Å². The Bertz CT molecular complexity index is 131. The van der Waals surface area contributed by atoms with Gasteiger partial charge < -0.3 is 10.2 Å². The molecule has 0 saturated carbocycles. The first-order valence-electron chi connectivity index (χ1n) is 3.82. The minimum Gasteiger partial charge on any atom is -0.335 e. The molecule has 0 aliphatic heterocycles. The van der Waals surface area contributed by atoms with E-state index in [-0.39, 0.29) is 6.42 Å². The zero-order chi connectivity index (χ0) is 9.83. The van der Waals surface area contributed by atoms with E-state index in [4.69, 9.17) is 10.2 Å². The van der Waals surface area contributed by atoms with Gasteiger partial charge in [-0.15, -0.1) is 0 Å². The summed E-state index contributed by atoms with van der Waals surface area (Å²) in [5.74, 6) is -4.07. The fourth-order valence-corrected chi connectivity index (χ4v) is 0.756. The number of unbranched alkanes of at least 4 members (excludes halogenated alkanes) is 2. The molecule has 12 heavy (non-hydrogen) atoms. The lowest BCUT2D eigenvalue weighted by atomic mass is 10.1.